The third-order valence-electron chi connectivity index (χ3n) is 5.30. The number of nitriles is 1. The van der Waals surface area contributed by atoms with Crippen molar-refractivity contribution in [2.75, 3.05) is 19.8 Å². The van der Waals surface area contributed by atoms with E-state index < -0.39 is 6.17 Å². The van der Waals surface area contributed by atoms with Crippen LogP contribution in [0.1, 0.15) is 41.8 Å². The second-order valence-corrected chi connectivity index (χ2v) is 7.39. The molecule has 3 aromatic rings. The zero-order chi connectivity index (χ0) is 21.8. The highest BCUT2D eigenvalue weighted by molar-refractivity contribution is 5.66. The molecule has 31 heavy (non-hydrogen) atoms. The van der Waals surface area contributed by atoms with Crippen LogP contribution in [0.4, 0.5) is 4.39 Å². The average molecular weight is 422 g/mol. The number of aromatic nitrogens is 4. The SMILES string of the molecule is Cn1nc(C2CCOCC2)cc1Oc1cc(C#N)ccc1-c1ncc([C@H](F)CN)cn1. The number of ether oxygens (including phenoxy) is 2. The fraction of sp³-hybridized carbons (Fsp3) is 0.364. The molecular formula is C22H23FN6O2. The van der Waals surface area contributed by atoms with Crippen LogP contribution in [0.3, 0.4) is 0 Å². The molecule has 1 aliphatic rings. The monoisotopic (exact) mass is 422 g/mol. The first-order valence-corrected chi connectivity index (χ1v) is 10.1. The van der Waals surface area contributed by atoms with E-state index in [4.69, 9.17) is 15.2 Å². The Kier molecular flexibility index (Phi) is 6.21. The van der Waals surface area contributed by atoms with Gasteiger partial charge in [0.15, 0.2) is 5.82 Å². The average Bonchev–Trinajstić information content (AvgIpc) is 3.19. The number of hydrogen-bond donors (Lipinski definition) is 1. The smallest absolute Gasteiger partial charge is 0.217 e. The molecule has 8 nitrogen and oxygen atoms in total. The molecule has 0 bridgehead atoms. The topological polar surface area (TPSA) is 112 Å². The van der Waals surface area contributed by atoms with Crippen LogP contribution in [0.25, 0.3) is 11.4 Å². The van der Waals surface area contributed by atoms with Crippen molar-refractivity contribution in [1.29, 1.82) is 5.26 Å². The number of nitrogens with two attached hydrogens (primary N) is 1. The summed E-state index contributed by atoms with van der Waals surface area (Å²) in [6.45, 7) is 1.32. The van der Waals surface area contributed by atoms with Gasteiger partial charge in [-0.05, 0) is 31.0 Å². The van der Waals surface area contributed by atoms with Gasteiger partial charge in [-0.25, -0.2) is 19.0 Å². The number of aryl methyl sites for hydroxylation is 1. The normalized spacial score (nSPS) is 15.4. The second-order valence-electron chi connectivity index (χ2n) is 7.39. The van der Waals surface area contributed by atoms with Crippen LogP contribution in [0.15, 0.2) is 36.7 Å². The van der Waals surface area contributed by atoms with E-state index in [0.29, 0.717) is 40.1 Å². The van der Waals surface area contributed by atoms with Gasteiger partial charge in [-0.2, -0.15) is 10.4 Å². The molecule has 1 aromatic carbocycles. The van der Waals surface area contributed by atoms with Crippen LogP contribution in [-0.2, 0) is 11.8 Å². The van der Waals surface area contributed by atoms with E-state index >= 15 is 0 Å². The molecule has 0 radical (unpaired) electrons. The van der Waals surface area contributed by atoms with E-state index in [0.717, 1.165) is 31.7 Å². The van der Waals surface area contributed by atoms with Crippen molar-refractivity contribution >= 4 is 0 Å². The highest BCUT2D eigenvalue weighted by atomic mass is 19.1. The van der Waals surface area contributed by atoms with Crippen molar-refractivity contribution in [1.82, 2.24) is 19.7 Å². The Morgan fingerprint density at radius 1 is 1.29 bits per heavy atom. The van der Waals surface area contributed by atoms with Crippen LogP contribution < -0.4 is 10.5 Å². The van der Waals surface area contributed by atoms with Crippen molar-refractivity contribution < 1.29 is 13.9 Å². The van der Waals surface area contributed by atoms with E-state index in [1.807, 2.05) is 13.1 Å². The van der Waals surface area contributed by atoms with Crippen LogP contribution >= 0.6 is 0 Å². The maximum Gasteiger partial charge on any atom is 0.217 e. The van der Waals surface area contributed by atoms with Crippen molar-refractivity contribution in [2.45, 2.75) is 24.9 Å². The van der Waals surface area contributed by atoms with Gasteiger partial charge < -0.3 is 15.2 Å². The molecule has 0 aliphatic carbocycles. The van der Waals surface area contributed by atoms with Crippen molar-refractivity contribution in [2.24, 2.45) is 12.8 Å². The number of nitrogens with zero attached hydrogens (tertiary/aromatic N) is 5. The molecule has 0 saturated carbocycles. The first-order valence-electron chi connectivity index (χ1n) is 10.1. The predicted molar refractivity (Wildman–Crippen MR) is 111 cm³/mol. The van der Waals surface area contributed by atoms with Gasteiger partial charge in [0.05, 0.1) is 22.9 Å². The Morgan fingerprint density at radius 3 is 2.71 bits per heavy atom. The van der Waals surface area contributed by atoms with Crippen molar-refractivity contribution in [3.8, 4) is 29.1 Å². The van der Waals surface area contributed by atoms with E-state index in [2.05, 4.69) is 21.1 Å². The fourth-order valence-electron chi connectivity index (χ4n) is 3.51. The summed E-state index contributed by atoms with van der Waals surface area (Å²) in [7, 11) is 1.81. The van der Waals surface area contributed by atoms with Crippen molar-refractivity contribution in [3.63, 3.8) is 0 Å². The summed E-state index contributed by atoms with van der Waals surface area (Å²) in [6, 6.07) is 9.04. The number of benzene rings is 1. The Hall–Kier alpha value is -3.35. The van der Waals surface area contributed by atoms with Gasteiger partial charge in [0.1, 0.15) is 11.9 Å². The van der Waals surface area contributed by atoms with Gasteiger partial charge in [0.25, 0.3) is 0 Å². The lowest BCUT2D eigenvalue weighted by Gasteiger charge is -2.19. The van der Waals surface area contributed by atoms with E-state index in [9.17, 15) is 9.65 Å². The zero-order valence-electron chi connectivity index (χ0n) is 17.2. The van der Waals surface area contributed by atoms with Crippen LogP contribution in [0.5, 0.6) is 11.6 Å². The molecule has 0 unspecified atom stereocenters. The standard InChI is InChI=1S/C22H23FN6O2/c1-29-21(9-19(28-29)15-4-6-30-7-5-15)31-20-8-14(10-24)2-3-17(20)22-26-12-16(13-27-22)18(23)11-25/h2-3,8-9,12-13,15,18H,4-7,11,25H2,1H3/t18-/m1/s1. The summed E-state index contributed by atoms with van der Waals surface area (Å²) >= 11 is 0. The van der Waals surface area contributed by atoms with Crippen LogP contribution in [0.2, 0.25) is 0 Å². The summed E-state index contributed by atoms with van der Waals surface area (Å²) in [6.07, 6.45) is 3.35. The maximum absolute atomic E-state index is 13.8. The molecule has 1 atom stereocenters. The maximum atomic E-state index is 13.8. The molecule has 2 aromatic heterocycles. The van der Waals surface area contributed by atoms with Crippen LogP contribution in [0, 0.1) is 11.3 Å². The second kappa shape index (κ2) is 9.20. The number of hydrogen-bond acceptors (Lipinski definition) is 7. The van der Waals surface area contributed by atoms with Gasteiger partial charge >= 0.3 is 0 Å². The molecule has 0 amide bonds. The lowest BCUT2D eigenvalue weighted by molar-refractivity contribution is 0.0844. The van der Waals surface area contributed by atoms with Gasteiger partial charge in [-0.1, -0.05) is 0 Å². The molecule has 1 aliphatic heterocycles. The highest BCUT2D eigenvalue weighted by Crippen LogP contribution is 2.35. The molecular weight excluding hydrogens is 399 g/mol. The molecule has 0 spiro atoms. The summed E-state index contributed by atoms with van der Waals surface area (Å²) < 4.78 is 27.0. The minimum absolute atomic E-state index is 0.135. The lowest BCUT2D eigenvalue weighted by atomic mass is 9.97. The van der Waals surface area contributed by atoms with Crippen LogP contribution in [-0.4, -0.2) is 39.5 Å². The Bertz CT molecular complexity index is 1090. The molecule has 9 heteroatoms. The van der Waals surface area contributed by atoms with Gasteiger partial charge in [-0.3, -0.25) is 0 Å². The third-order valence-corrected chi connectivity index (χ3v) is 5.30. The number of halogens is 1. The van der Waals surface area contributed by atoms with E-state index in [1.165, 1.54) is 12.4 Å². The van der Waals surface area contributed by atoms with E-state index in [-0.39, 0.29) is 6.54 Å². The fourth-order valence-corrected chi connectivity index (χ4v) is 3.51. The van der Waals surface area contributed by atoms with Crippen molar-refractivity contribution in [3.05, 3.63) is 53.5 Å². The Labute approximate surface area is 179 Å². The molecule has 1 saturated heterocycles. The summed E-state index contributed by atoms with van der Waals surface area (Å²) in [5.41, 5.74) is 7.66. The number of alkyl halides is 1. The zero-order valence-corrected chi connectivity index (χ0v) is 17.2. The largest absolute Gasteiger partial charge is 0.438 e. The third kappa shape index (κ3) is 4.55. The van der Waals surface area contributed by atoms with Gasteiger partial charge in [0, 0.05) is 56.7 Å². The quantitative estimate of drug-likeness (QED) is 0.648. The molecule has 3 heterocycles. The molecule has 160 valence electrons. The summed E-state index contributed by atoms with van der Waals surface area (Å²) in [5, 5.41) is 13.9. The first kappa shape index (κ1) is 20.9. The first-order chi connectivity index (χ1) is 15.1. The summed E-state index contributed by atoms with van der Waals surface area (Å²) in [5.74, 6) is 1.65. The Balaban J connectivity index is 1.65. The number of rotatable bonds is 6. The predicted octanol–water partition coefficient (Wildman–Crippen LogP) is 3.40. The Morgan fingerprint density at radius 2 is 2.03 bits per heavy atom. The van der Waals surface area contributed by atoms with Gasteiger partial charge in [0.2, 0.25) is 5.88 Å². The van der Waals surface area contributed by atoms with E-state index in [1.54, 1.807) is 22.9 Å². The minimum Gasteiger partial charge on any atom is -0.438 e. The minimum atomic E-state index is -1.32. The molecule has 4 rings (SSSR count). The van der Waals surface area contributed by atoms with Gasteiger partial charge in [-0.15, -0.1) is 0 Å². The lowest BCUT2D eigenvalue weighted by Crippen LogP contribution is -2.14. The molecule has 2 N–H and O–H groups in total. The molecule has 1 fully saturated rings. The highest BCUT2D eigenvalue weighted by Gasteiger charge is 2.21. The summed E-state index contributed by atoms with van der Waals surface area (Å²) in [4.78, 5) is 8.54.